The maximum Gasteiger partial charge on any atom is 0.256 e. The molecule has 0 saturated heterocycles. The van der Waals surface area contributed by atoms with Gasteiger partial charge in [-0.1, -0.05) is 38.1 Å². The summed E-state index contributed by atoms with van der Waals surface area (Å²) in [5, 5.41) is 0. The Bertz CT molecular complexity index is 684. The van der Waals surface area contributed by atoms with Gasteiger partial charge in [0.2, 0.25) is 0 Å². The van der Waals surface area contributed by atoms with E-state index in [0.717, 1.165) is 24.1 Å². The van der Waals surface area contributed by atoms with Gasteiger partial charge in [-0.2, -0.15) is 0 Å². The Morgan fingerprint density at radius 2 is 1.68 bits per heavy atom. The number of hydrogen-bond donors (Lipinski definition) is 1. The monoisotopic (exact) mass is 298 g/mol. The second-order valence-corrected chi connectivity index (χ2v) is 5.95. The van der Waals surface area contributed by atoms with Crippen LogP contribution in [0.2, 0.25) is 0 Å². The smallest absolute Gasteiger partial charge is 0.256 e. The number of aryl methyl sites for hydroxylation is 1. The van der Waals surface area contributed by atoms with Crippen LogP contribution in [-0.4, -0.2) is 4.57 Å². The summed E-state index contributed by atoms with van der Waals surface area (Å²) >= 11 is 0. The molecule has 1 aromatic heterocycles. The Labute approximate surface area is 132 Å². The van der Waals surface area contributed by atoms with Crippen molar-refractivity contribution in [3.8, 4) is 11.3 Å². The Balaban J connectivity index is 2.64. The number of benzene rings is 1. The first kappa shape index (κ1) is 16.5. The molecule has 0 spiro atoms. The van der Waals surface area contributed by atoms with Crippen molar-refractivity contribution in [2.45, 2.75) is 52.6 Å². The van der Waals surface area contributed by atoms with Crippen LogP contribution in [-0.2, 0) is 6.42 Å². The van der Waals surface area contributed by atoms with E-state index in [9.17, 15) is 4.79 Å². The van der Waals surface area contributed by atoms with E-state index in [0.29, 0.717) is 5.56 Å². The summed E-state index contributed by atoms with van der Waals surface area (Å²) in [6.45, 7) is 8.17. The highest BCUT2D eigenvalue weighted by Crippen LogP contribution is 2.24. The van der Waals surface area contributed by atoms with Crippen LogP contribution in [0.15, 0.2) is 41.2 Å². The highest BCUT2D eigenvalue weighted by atomic mass is 16.1. The third-order valence-corrected chi connectivity index (χ3v) is 4.33. The molecule has 2 aromatic rings. The molecule has 2 N–H and O–H groups in total. The van der Waals surface area contributed by atoms with Gasteiger partial charge >= 0.3 is 0 Å². The van der Waals surface area contributed by atoms with Crippen molar-refractivity contribution in [1.82, 2.24) is 4.57 Å². The first-order valence-corrected chi connectivity index (χ1v) is 8.09. The minimum Gasteiger partial charge on any atom is -0.324 e. The Kier molecular flexibility index (Phi) is 5.19. The van der Waals surface area contributed by atoms with Gasteiger partial charge in [-0.05, 0) is 49.9 Å². The van der Waals surface area contributed by atoms with E-state index in [-0.39, 0.29) is 17.6 Å². The van der Waals surface area contributed by atoms with Crippen LogP contribution in [0.25, 0.3) is 11.3 Å². The van der Waals surface area contributed by atoms with Gasteiger partial charge in [0, 0.05) is 17.6 Å². The lowest BCUT2D eigenvalue weighted by Gasteiger charge is -2.21. The molecule has 0 aliphatic carbocycles. The van der Waals surface area contributed by atoms with E-state index in [1.165, 1.54) is 5.56 Å². The van der Waals surface area contributed by atoms with Gasteiger partial charge in [-0.25, -0.2) is 0 Å². The maximum atomic E-state index is 12.8. The maximum absolute atomic E-state index is 12.8. The zero-order valence-corrected chi connectivity index (χ0v) is 14.0. The van der Waals surface area contributed by atoms with Gasteiger partial charge in [0.25, 0.3) is 5.56 Å². The molecule has 3 heteroatoms. The van der Waals surface area contributed by atoms with Crippen LogP contribution in [0.3, 0.4) is 0 Å². The Morgan fingerprint density at radius 1 is 1.05 bits per heavy atom. The molecule has 2 unspecified atom stereocenters. The number of aromatic nitrogens is 1. The first-order valence-electron chi connectivity index (χ1n) is 8.09. The fourth-order valence-electron chi connectivity index (χ4n) is 2.68. The highest BCUT2D eigenvalue weighted by molar-refractivity contribution is 5.60. The number of pyridine rings is 1. The van der Waals surface area contributed by atoms with Crippen molar-refractivity contribution in [3.63, 3.8) is 0 Å². The van der Waals surface area contributed by atoms with Gasteiger partial charge in [0.05, 0.1) is 5.69 Å². The van der Waals surface area contributed by atoms with Crippen LogP contribution in [0.1, 0.15) is 57.3 Å². The highest BCUT2D eigenvalue weighted by Gasteiger charge is 2.16. The number of hydrogen-bond acceptors (Lipinski definition) is 2. The van der Waals surface area contributed by atoms with Crippen molar-refractivity contribution < 1.29 is 0 Å². The molecule has 0 radical (unpaired) electrons. The average molecular weight is 298 g/mol. The van der Waals surface area contributed by atoms with Gasteiger partial charge in [-0.15, -0.1) is 0 Å². The Morgan fingerprint density at radius 3 is 2.18 bits per heavy atom. The summed E-state index contributed by atoms with van der Waals surface area (Å²) < 4.78 is 1.89. The second-order valence-electron chi connectivity index (χ2n) is 5.95. The van der Waals surface area contributed by atoms with E-state index in [4.69, 9.17) is 5.73 Å². The van der Waals surface area contributed by atoms with Crippen LogP contribution >= 0.6 is 0 Å². The molecule has 0 saturated carbocycles. The number of nitrogens with two attached hydrogens (primary N) is 1. The summed E-state index contributed by atoms with van der Waals surface area (Å²) in [5.41, 5.74) is 9.98. The minimum atomic E-state index is -0.251. The molecule has 1 aromatic carbocycles. The van der Waals surface area contributed by atoms with Crippen LogP contribution in [0.5, 0.6) is 0 Å². The molecule has 22 heavy (non-hydrogen) atoms. The number of rotatable bonds is 5. The summed E-state index contributed by atoms with van der Waals surface area (Å²) in [7, 11) is 0. The normalized spacial score (nSPS) is 13.9. The lowest BCUT2D eigenvalue weighted by Crippen LogP contribution is -2.30. The predicted octanol–water partition coefficient (Wildman–Crippen LogP) is 4.07. The molecule has 3 nitrogen and oxygen atoms in total. The van der Waals surface area contributed by atoms with Gasteiger partial charge in [-0.3, -0.25) is 4.79 Å². The van der Waals surface area contributed by atoms with Gasteiger partial charge in [0.1, 0.15) is 0 Å². The van der Waals surface area contributed by atoms with Gasteiger partial charge < -0.3 is 10.3 Å². The SMILES string of the molecule is CCc1ccc(-c2ccc(C(C)N)c(=O)n2C(C)CC)cc1. The standard InChI is InChI=1S/C19H26N2O/c1-5-13(3)21-18(12-11-17(14(4)20)19(21)22)16-9-7-15(6-2)8-10-16/h7-14H,5-6,20H2,1-4H3. The molecule has 2 rings (SSSR count). The average Bonchev–Trinajstić information content (AvgIpc) is 2.53. The lowest BCUT2D eigenvalue weighted by molar-refractivity contribution is 0.513. The molecule has 0 fully saturated rings. The number of nitrogens with zero attached hydrogens (tertiary/aromatic N) is 1. The minimum absolute atomic E-state index is 0.0291. The second kappa shape index (κ2) is 6.93. The zero-order chi connectivity index (χ0) is 16.3. The summed E-state index contributed by atoms with van der Waals surface area (Å²) in [5.74, 6) is 0. The van der Waals surface area contributed by atoms with Crippen molar-refractivity contribution in [1.29, 1.82) is 0 Å². The zero-order valence-electron chi connectivity index (χ0n) is 14.0. The molecule has 0 aliphatic rings. The molecular formula is C19H26N2O. The molecule has 0 amide bonds. The van der Waals surface area contributed by atoms with Crippen LogP contribution in [0.4, 0.5) is 0 Å². The fraction of sp³-hybridized carbons (Fsp3) is 0.421. The third kappa shape index (κ3) is 3.14. The van der Waals surface area contributed by atoms with Crippen LogP contribution in [0, 0.1) is 0 Å². The lowest BCUT2D eigenvalue weighted by atomic mass is 10.0. The predicted molar refractivity (Wildman–Crippen MR) is 93.1 cm³/mol. The van der Waals surface area contributed by atoms with Gasteiger partial charge in [0.15, 0.2) is 0 Å². The largest absolute Gasteiger partial charge is 0.324 e. The van der Waals surface area contributed by atoms with Crippen molar-refractivity contribution in [3.05, 3.63) is 57.9 Å². The van der Waals surface area contributed by atoms with E-state index in [1.54, 1.807) is 0 Å². The van der Waals surface area contributed by atoms with E-state index in [1.807, 2.05) is 23.6 Å². The third-order valence-electron chi connectivity index (χ3n) is 4.33. The quantitative estimate of drug-likeness (QED) is 0.904. The molecular weight excluding hydrogens is 272 g/mol. The summed E-state index contributed by atoms with van der Waals surface area (Å²) in [6.07, 6.45) is 1.92. The summed E-state index contributed by atoms with van der Waals surface area (Å²) in [4.78, 5) is 12.8. The fourth-order valence-corrected chi connectivity index (χ4v) is 2.68. The van der Waals surface area contributed by atoms with E-state index >= 15 is 0 Å². The van der Waals surface area contributed by atoms with Crippen molar-refractivity contribution >= 4 is 0 Å². The van der Waals surface area contributed by atoms with Crippen LogP contribution < -0.4 is 11.3 Å². The molecule has 0 bridgehead atoms. The van der Waals surface area contributed by atoms with E-state index in [2.05, 4.69) is 45.0 Å². The topological polar surface area (TPSA) is 48.0 Å². The molecule has 0 aliphatic heterocycles. The van der Waals surface area contributed by atoms with E-state index < -0.39 is 0 Å². The summed E-state index contributed by atoms with van der Waals surface area (Å²) in [6, 6.07) is 12.2. The first-order chi connectivity index (χ1) is 10.5. The molecule has 118 valence electrons. The molecule has 2 atom stereocenters. The molecule has 1 heterocycles. The Hall–Kier alpha value is -1.87. The van der Waals surface area contributed by atoms with Crippen molar-refractivity contribution in [2.24, 2.45) is 5.73 Å². The van der Waals surface area contributed by atoms with Crippen molar-refractivity contribution in [2.75, 3.05) is 0 Å².